The smallest absolute Gasteiger partial charge is 0.250 e. The zero-order valence-electron chi connectivity index (χ0n) is 20.7. The maximum atomic E-state index is 7.06. The lowest BCUT2D eigenvalue weighted by Gasteiger charge is -2.57. The van der Waals surface area contributed by atoms with Crippen LogP contribution in [0.2, 0.25) is 18.1 Å². The van der Waals surface area contributed by atoms with Crippen LogP contribution in [0.3, 0.4) is 0 Å². The first-order valence-corrected chi connectivity index (χ1v) is 15.7. The number of allylic oxidation sites excluding steroid dienone is 4. The van der Waals surface area contributed by atoms with E-state index in [-0.39, 0.29) is 5.04 Å². The van der Waals surface area contributed by atoms with Crippen LogP contribution < -0.4 is 4.43 Å². The van der Waals surface area contributed by atoms with Crippen LogP contribution in [0.25, 0.3) is 5.57 Å². The van der Waals surface area contributed by atoms with E-state index < -0.39 is 8.32 Å². The van der Waals surface area contributed by atoms with Crippen molar-refractivity contribution in [1.29, 1.82) is 0 Å². The van der Waals surface area contributed by atoms with Gasteiger partial charge >= 0.3 is 0 Å². The van der Waals surface area contributed by atoms with Crippen LogP contribution in [-0.4, -0.2) is 8.32 Å². The Morgan fingerprint density at radius 2 is 1.48 bits per heavy atom. The molecule has 31 heavy (non-hydrogen) atoms. The van der Waals surface area contributed by atoms with E-state index in [0.29, 0.717) is 5.41 Å². The fraction of sp³-hybridized carbons (Fsp3) is 0.655. The molecule has 0 unspecified atom stereocenters. The number of rotatable bonds is 4. The molecule has 0 aliphatic heterocycles. The molecule has 1 nitrogen and oxygen atoms in total. The number of hydrogen-bond acceptors (Lipinski definition) is 1. The second-order valence-corrected chi connectivity index (χ2v) is 17.6. The lowest BCUT2D eigenvalue weighted by Crippen LogP contribution is -2.49. The fourth-order valence-corrected chi connectivity index (χ4v) is 8.25. The van der Waals surface area contributed by atoms with Gasteiger partial charge in [-0.05, 0) is 134 Å². The molecular formula is C29H42OSi. The zero-order valence-corrected chi connectivity index (χ0v) is 21.7. The van der Waals surface area contributed by atoms with E-state index in [4.69, 9.17) is 4.43 Å². The molecule has 4 saturated carbocycles. The van der Waals surface area contributed by atoms with Gasteiger partial charge in [-0.2, -0.15) is 0 Å². The first-order valence-electron chi connectivity index (χ1n) is 12.8. The standard InChI is InChI=1S/C29H42OSi/c1-20-9-7-8-10-25(20)24-11-12-27(30-31(5,6)28(2,3)4)26(16-24)29-17-21-13-22(18-29)15-23(14-21)19-29/h9-12,16,21-23H,7-8,13-15,17-19H2,1-6H3. The van der Waals surface area contributed by atoms with Gasteiger partial charge in [0, 0.05) is 0 Å². The second kappa shape index (κ2) is 7.37. The van der Waals surface area contributed by atoms with Crippen molar-refractivity contribution >= 4 is 13.9 Å². The number of hydrogen-bond donors (Lipinski definition) is 0. The van der Waals surface area contributed by atoms with Crippen molar-refractivity contribution in [3.63, 3.8) is 0 Å². The van der Waals surface area contributed by atoms with Crippen molar-refractivity contribution in [2.45, 2.75) is 103 Å². The summed E-state index contributed by atoms with van der Waals surface area (Å²) in [5, 5.41) is 0.218. The summed E-state index contributed by atoms with van der Waals surface area (Å²) in [4.78, 5) is 0. The average molecular weight is 435 g/mol. The van der Waals surface area contributed by atoms with Crippen LogP contribution in [0, 0.1) is 17.8 Å². The molecule has 0 heterocycles. The Kier molecular flexibility index (Phi) is 5.12. The maximum absolute atomic E-state index is 7.06. The van der Waals surface area contributed by atoms with Crippen LogP contribution in [0.5, 0.6) is 5.75 Å². The van der Waals surface area contributed by atoms with E-state index in [2.05, 4.69) is 71.1 Å². The Morgan fingerprint density at radius 3 is 2.03 bits per heavy atom. The van der Waals surface area contributed by atoms with E-state index in [9.17, 15) is 0 Å². The van der Waals surface area contributed by atoms with Crippen molar-refractivity contribution in [2.75, 3.05) is 0 Å². The Labute approximate surface area is 191 Å². The third-order valence-corrected chi connectivity index (χ3v) is 13.8. The molecule has 0 atom stereocenters. The van der Waals surface area contributed by atoms with E-state index in [0.717, 1.165) is 17.8 Å². The molecule has 5 aliphatic carbocycles. The molecule has 0 amide bonds. The van der Waals surface area contributed by atoms with Crippen molar-refractivity contribution in [2.24, 2.45) is 17.8 Å². The predicted octanol–water partition coefficient (Wildman–Crippen LogP) is 8.66. The van der Waals surface area contributed by atoms with Gasteiger partial charge in [-0.25, -0.2) is 0 Å². The molecule has 1 aromatic rings. The van der Waals surface area contributed by atoms with Gasteiger partial charge in [-0.15, -0.1) is 0 Å². The van der Waals surface area contributed by atoms with Gasteiger partial charge < -0.3 is 4.43 Å². The van der Waals surface area contributed by atoms with Crippen LogP contribution in [-0.2, 0) is 5.41 Å². The van der Waals surface area contributed by atoms with Gasteiger partial charge in [0.1, 0.15) is 5.75 Å². The molecule has 0 N–H and O–H groups in total. The highest BCUT2D eigenvalue weighted by Crippen LogP contribution is 2.62. The minimum Gasteiger partial charge on any atom is -0.543 e. The highest BCUT2D eigenvalue weighted by Gasteiger charge is 2.53. The summed E-state index contributed by atoms with van der Waals surface area (Å²) in [6.07, 6.45) is 15.9. The molecule has 0 saturated heterocycles. The van der Waals surface area contributed by atoms with Crippen LogP contribution >= 0.6 is 0 Å². The Morgan fingerprint density at radius 1 is 0.903 bits per heavy atom. The maximum Gasteiger partial charge on any atom is 0.250 e. The molecule has 0 aromatic heterocycles. The SMILES string of the molecule is CC1=CCCC=C1c1ccc(O[Si](C)(C)C(C)(C)C)c(C23CC4CC(CC(C4)C2)C3)c1. The van der Waals surface area contributed by atoms with Gasteiger partial charge in [0.05, 0.1) is 0 Å². The quantitative estimate of drug-likeness (QED) is 0.431. The van der Waals surface area contributed by atoms with Crippen molar-refractivity contribution in [1.82, 2.24) is 0 Å². The molecule has 6 rings (SSSR count). The summed E-state index contributed by atoms with van der Waals surface area (Å²) < 4.78 is 7.06. The van der Waals surface area contributed by atoms with E-state index in [1.165, 1.54) is 73.8 Å². The van der Waals surface area contributed by atoms with Gasteiger partial charge in [0.15, 0.2) is 0 Å². The highest BCUT2D eigenvalue weighted by molar-refractivity contribution is 6.74. The summed E-state index contributed by atoms with van der Waals surface area (Å²) in [5.74, 6) is 4.07. The molecule has 4 bridgehead atoms. The van der Waals surface area contributed by atoms with E-state index in [1.54, 1.807) is 5.56 Å². The minimum atomic E-state index is -1.89. The predicted molar refractivity (Wildman–Crippen MR) is 135 cm³/mol. The van der Waals surface area contributed by atoms with Gasteiger partial charge in [-0.1, -0.05) is 39.0 Å². The van der Waals surface area contributed by atoms with Crippen LogP contribution in [0.4, 0.5) is 0 Å². The summed E-state index contributed by atoms with van der Waals surface area (Å²) in [7, 11) is -1.89. The van der Waals surface area contributed by atoms with Crippen LogP contribution in [0.15, 0.2) is 35.9 Å². The van der Waals surface area contributed by atoms with Gasteiger partial charge in [-0.3, -0.25) is 0 Å². The topological polar surface area (TPSA) is 9.23 Å². The molecule has 4 fully saturated rings. The normalized spacial score (nSPS) is 32.6. The summed E-state index contributed by atoms with van der Waals surface area (Å²) in [6.45, 7) is 14.2. The molecule has 0 radical (unpaired) electrons. The van der Waals surface area contributed by atoms with E-state index in [1.807, 2.05) is 0 Å². The molecule has 0 spiro atoms. The molecule has 168 valence electrons. The van der Waals surface area contributed by atoms with Crippen LogP contribution in [0.1, 0.15) is 90.2 Å². The van der Waals surface area contributed by atoms with Gasteiger partial charge in [0.25, 0.3) is 0 Å². The Hall–Kier alpha value is -1.28. The Bertz CT molecular complexity index is 891. The first-order chi connectivity index (χ1) is 14.6. The number of benzene rings is 1. The largest absolute Gasteiger partial charge is 0.543 e. The summed E-state index contributed by atoms with van der Waals surface area (Å²) >= 11 is 0. The van der Waals surface area contributed by atoms with Crippen molar-refractivity contribution in [3.8, 4) is 5.75 Å². The fourth-order valence-electron chi connectivity index (χ4n) is 7.21. The lowest BCUT2D eigenvalue weighted by atomic mass is 9.48. The van der Waals surface area contributed by atoms with Crippen molar-refractivity contribution in [3.05, 3.63) is 47.1 Å². The van der Waals surface area contributed by atoms with E-state index >= 15 is 0 Å². The Balaban J connectivity index is 1.60. The third-order valence-electron chi connectivity index (χ3n) is 9.46. The van der Waals surface area contributed by atoms with Crippen molar-refractivity contribution < 1.29 is 4.43 Å². The summed E-state index contributed by atoms with van der Waals surface area (Å²) in [6, 6.07) is 7.28. The average Bonchev–Trinajstić information content (AvgIpc) is 2.66. The minimum absolute atomic E-state index is 0.218. The third kappa shape index (κ3) is 3.77. The summed E-state index contributed by atoms with van der Waals surface area (Å²) in [5.41, 5.74) is 6.24. The second-order valence-electron chi connectivity index (χ2n) is 12.9. The lowest BCUT2D eigenvalue weighted by molar-refractivity contribution is -0.00587. The molecular weight excluding hydrogens is 392 g/mol. The first kappa shape index (κ1) is 21.6. The highest BCUT2D eigenvalue weighted by atomic mass is 28.4. The van der Waals surface area contributed by atoms with Gasteiger partial charge in [0.2, 0.25) is 8.32 Å². The molecule has 2 heteroatoms. The molecule has 1 aromatic carbocycles. The monoisotopic (exact) mass is 434 g/mol. The molecule has 5 aliphatic rings. The zero-order chi connectivity index (χ0) is 22.0.